The quantitative estimate of drug-likeness (QED) is 0.275. The second-order valence-corrected chi connectivity index (χ2v) is 14.8. The molecule has 0 bridgehead atoms. The van der Waals surface area contributed by atoms with E-state index in [1.54, 1.807) is 12.1 Å². The minimum absolute atomic E-state index is 0.0298. The standard InChI is InChI=1S/C33H48ClNO4/c1-20(2)7-6-8-21(3)25-10-11-26-24-17-28(36)33(38)18-23(39-30(37)22-9-12-29(34)35-19-22)13-16-32(33,5)27(24)14-15-31(25,26)4/h9,12,19-21,23-27,38H,6-8,10-11,13-18H2,1-5H3/t21-,23+,24+,25-,26+,27+,31-,32-,33-/m1/s1. The van der Waals surface area contributed by atoms with Crippen LogP contribution in [0.2, 0.25) is 5.15 Å². The largest absolute Gasteiger partial charge is 0.459 e. The van der Waals surface area contributed by atoms with Crippen LogP contribution in [0.5, 0.6) is 0 Å². The fourth-order valence-corrected chi connectivity index (χ4v) is 9.96. The molecular weight excluding hydrogens is 510 g/mol. The summed E-state index contributed by atoms with van der Waals surface area (Å²) in [5, 5.41) is 12.4. The van der Waals surface area contributed by atoms with Crippen molar-refractivity contribution in [3.63, 3.8) is 0 Å². The Morgan fingerprint density at radius 2 is 1.87 bits per heavy atom. The minimum Gasteiger partial charge on any atom is -0.459 e. The summed E-state index contributed by atoms with van der Waals surface area (Å²) in [4.78, 5) is 30.6. The summed E-state index contributed by atoms with van der Waals surface area (Å²) in [7, 11) is 0. The molecule has 1 N–H and O–H groups in total. The highest BCUT2D eigenvalue weighted by molar-refractivity contribution is 6.29. The maximum absolute atomic E-state index is 13.8. The van der Waals surface area contributed by atoms with Crippen LogP contribution in [0.4, 0.5) is 0 Å². The van der Waals surface area contributed by atoms with Gasteiger partial charge in [-0.25, -0.2) is 9.78 Å². The number of fused-ring (bicyclic) bond motifs is 5. The SMILES string of the molecule is CC(C)CCC[C@@H](C)[C@H]1CC[C@H]2[C@@H]3CC(=O)[C@]4(O)C[C@@H](OC(=O)c5ccc(Cl)nc5)CC[C@]4(C)[C@H]3CC[C@]12C. The van der Waals surface area contributed by atoms with Crippen molar-refractivity contribution in [1.29, 1.82) is 0 Å². The Hall–Kier alpha value is -1.46. The molecule has 0 amide bonds. The molecule has 0 unspecified atom stereocenters. The van der Waals surface area contributed by atoms with E-state index in [0.29, 0.717) is 53.1 Å². The molecule has 5 nitrogen and oxygen atoms in total. The second kappa shape index (κ2) is 10.7. The highest BCUT2D eigenvalue weighted by Crippen LogP contribution is 2.68. The average Bonchev–Trinajstić information content (AvgIpc) is 3.23. The van der Waals surface area contributed by atoms with E-state index in [-0.39, 0.29) is 12.2 Å². The molecule has 0 radical (unpaired) electrons. The Balaban J connectivity index is 1.29. The monoisotopic (exact) mass is 557 g/mol. The zero-order valence-corrected chi connectivity index (χ0v) is 25.3. The normalized spacial score (nSPS) is 40.5. The summed E-state index contributed by atoms with van der Waals surface area (Å²) in [6, 6.07) is 3.15. The number of ketones is 1. The first-order valence-electron chi connectivity index (χ1n) is 15.5. The number of pyridine rings is 1. The van der Waals surface area contributed by atoms with Crippen molar-refractivity contribution >= 4 is 23.4 Å². The van der Waals surface area contributed by atoms with E-state index in [1.807, 2.05) is 0 Å². The molecule has 1 heterocycles. The number of carbonyl (C=O) groups is 2. The molecule has 4 saturated carbocycles. The lowest BCUT2D eigenvalue weighted by Crippen LogP contribution is -2.67. The van der Waals surface area contributed by atoms with Gasteiger partial charge in [0.15, 0.2) is 5.78 Å². The van der Waals surface area contributed by atoms with E-state index >= 15 is 0 Å². The van der Waals surface area contributed by atoms with Crippen LogP contribution in [-0.2, 0) is 9.53 Å². The molecule has 0 saturated heterocycles. The number of ether oxygens (including phenoxy) is 1. The first-order chi connectivity index (χ1) is 18.4. The number of hydrogen-bond donors (Lipinski definition) is 1. The Morgan fingerprint density at radius 3 is 2.56 bits per heavy atom. The predicted octanol–water partition coefficient (Wildman–Crippen LogP) is 7.68. The van der Waals surface area contributed by atoms with Crippen LogP contribution in [-0.4, -0.2) is 33.5 Å². The number of halogens is 1. The van der Waals surface area contributed by atoms with Crippen molar-refractivity contribution in [2.45, 2.75) is 117 Å². The van der Waals surface area contributed by atoms with Crippen LogP contribution in [0.15, 0.2) is 18.3 Å². The molecule has 5 rings (SSSR count). The van der Waals surface area contributed by atoms with Gasteiger partial charge in [0.05, 0.1) is 5.56 Å². The summed E-state index contributed by atoms with van der Waals surface area (Å²) in [5.41, 5.74) is -1.29. The molecule has 0 spiro atoms. The zero-order chi connectivity index (χ0) is 28.2. The Labute approximate surface area is 239 Å². The molecule has 6 heteroatoms. The molecule has 9 atom stereocenters. The summed E-state index contributed by atoms with van der Waals surface area (Å²) in [6.07, 6.45) is 11.6. The van der Waals surface area contributed by atoms with E-state index in [9.17, 15) is 14.7 Å². The van der Waals surface area contributed by atoms with Gasteiger partial charge in [0, 0.05) is 24.5 Å². The lowest BCUT2D eigenvalue weighted by Gasteiger charge is -2.63. The number of aromatic nitrogens is 1. The number of carbonyl (C=O) groups excluding carboxylic acids is 2. The molecule has 0 aromatic carbocycles. The van der Waals surface area contributed by atoms with Gasteiger partial charge < -0.3 is 9.84 Å². The number of Topliss-reactive ketones (excluding diaryl/α,β-unsaturated/α-hetero) is 1. The molecule has 4 aliphatic carbocycles. The molecule has 39 heavy (non-hydrogen) atoms. The molecule has 4 aliphatic rings. The molecule has 4 fully saturated rings. The lowest BCUT2D eigenvalue weighted by atomic mass is 9.42. The van der Waals surface area contributed by atoms with E-state index in [1.165, 1.54) is 44.7 Å². The highest BCUT2D eigenvalue weighted by atomic mass is 35.5. The second-order valence-electron chi connectivity index (χ2n) is 14.5. The summed E-state index contributed by atoms with van der Waals surface area (Å²) in [5.74, 6) is 2.97. The molecule has 216 valence electrons. The van der Waals surface area contributed by atoms with Crippen LogP contribution in [0.1, 0.15) is 116 Å². The van der Waals surface area contributed by atoms with Gasteiger partial charge in [-0.05, 0) is 91.6 Å². The predicted molar refractivity (Wildman–Crippen MR) is 153 cm³/mol. The summed E-state index contributed by atoms with van der Waals surface area (Å²) >= 11 is 5.85. The van der Waals surface area contributed by atoms with Crippen molar-refractivity contribution in [1.82, 2.24) is 4.98 Å². The van der Waals surface area contributed by atoms with E-state index in [0.717, 1.165) is 24.2 Å². The van der Waals surface area contributed by atoms with Crippen molar-refractivity contribution in [2.24, 2.45) is 46.3 Å². The number of nitrogens with zero attached hydrogens (tertiary/aromatic N) is 1. The summed E-state index contributed by atoms with van der Waals surface area (Å²) in [6.45, 7) is 11.8. The van der Waals surface area contributed by atoms with Crippen molar-refractivity contribution in [2.75, 3.05) is 0 Å². The smallest absolute Gasteiger partial charge is 0.339 e. The van der Waals surface area contributed by atoms with Crippen molar-refractivity contribution < 1.29 is 19.4 Å². The van der Waals surface area contributed by atoms with Crippen LogP contribution >= 0.6 is 11.6 Å². The fraction of sp³-hybridized carbons (Fsp3) is 0.788. The van der Waals surface area contributed by atoms with E-state index in [2.05, 4.69) is 39.6 Å². The van der Waals surface area contributed by atoms with Gasteiger partial charge in [-0.2, -0.15) is 0 Å². The highest BCUT2D eigenvalue weighted by Gasteiger charge is 2.68. The van der Waals surface area contributed by atoms with Gasteiger partial charge in [-0.3, -0.25) is 4.79 Å². The average molecular weight is 558 g/mol. The minimum atomic E-state index is -1.44. The Morgan fingerprint density at radius 1 is 1.10 bits per heavy atom. The van der Waals surface area contributed by atoms with Crippen LogP contribution in [0.3, 0.4) is 0 Å². The maximum Gasteiger partial charge on any atom is 0.339 e. The maximum atomic E-state index is 13.8. The number of esters is 1. The zero-order valence-electron chi connectivity index (χ0n) is 24.5. The van der Waals surface area contributed by atoms with Gasteiger partial charge in [0.1, 0.15) is 16.9 Å². The Bertz CT molecular complexity index is 1070. The van der Waals surface area contributed by atoms with Crippen LogP contribution in [0, 0.1) is 46.3 Å². The van der Waals surface area contributed by atoms with E-state index < -0.39 is 23.1 Å². The number of hydrogen-bond acceptors (Lipinski definition) is 5. The topological polar surface area (TPSA) is 76.5 Å². The van der Waals surface area contributed by atoms with Crippen molar-refractivity contribution in [3.8, 4) is 0 Å². The third-order valence-electron chi connectivity index (χ3n) is 12.0. The number of rotatable bonds is 7. The Kier molecular flexibility index (Phi) is 8.00. The first kappa shape index (κ1) is 29.0. The van der Waals surface area contributed by atoms with Gasteiger partial charge >= 0.3 is 5.97 Å². The number of aliphatic hydroxyl groups is 1. The fourth-order valence-electron chi connectivity index (χ4n) is 9.84. The van der Waals surface area contributed by atoms with Gasteiger partial charge in [-0.15, -0.1) is 0 Å². The molecular formula is C33H48ClNO4. The lowest BCUT2D eigenvalue weighted by molar-refractivity contribution is -0.213. The first-order valence-corrected chi connectivity index (χ1v) is 15.8. The van der Waals surface area contributed by atoms with Crippen molar-refractivity contribution in [3.05, 3.63) is 29.0 Å². The molecule has 1 aromatic rings. The van der Waals surface area contributed by atoms with Crippen LogP contribution in [0.25, 0.3) is 0 Å². The third kappa shape index (κ3) is 4.98. The third-order valence-corrected chi connectivity index (χ3v) is 12.3. The van der Waals surface area contributed by atoms with Crippen LogP contribution < -0.4 is 0 Å². The van der Waals surface area contributed by atoms with E-state index in [4.69, 9.17) is 16.3 Å². The van der Waals surface area contributed by atoms with Gasteiger partial charge in [0.2, 0.25) is 0 Å². The summed E-state index contributed by atoms with van der Waals surface area (Å²) < 4.78 is 5.80. The molecule has 0 aliphatic heterocycles. The molecule has 1 aromatic heterocycles. The van der Waals surface area contributed by atoms with Gasteiger partial charge in [-0.1, -0.05) is 65.5 Å². The van der Waals surface area contributed by atoms with Gasteiger partial charge in [0.25, 0.3) is 0 Å².